The first-order valence-corrected chi connectivity index (χ1v) is 27.6. The highest BCUT2D eigenvalue weighted by Crippen LogP contribution is 2.43. The van der Waals surface area contributed by atoms with Crippen molar-refractivity contribution in [3.05, 3.63) is 45.8 Å². The Morgan fingerprint density at radius 2 is 1.03 bits per heavy atom. The fraction of sp³-hybridized carbons (Fsp3) is 0.811. The summed E-state index contributed by atoms with van der Waals surface area (Å²) in [5.74, 6) is 3.83. The fourth-order valence-electron chi connectivity index (χ4n) is 8.09. The highest BCUT2D eigenvalue weighted by atomic mass is 31.2. The molecule has 0 aliphatic rings. The molecule has 0 saturated carbocycles. The molecule has 376 valence electrons. The Hall–Kier alpha value is -2.43. The normalized spacial score (nSPS) is 13.3. The molecule has 0 radical (unpaired) electrons. The van der Waals surface area contributed by atoms with E-state index in [-0.39, 0.29) is 32.0 Å². The van der Waals surface area contributed by atoms with Gasteiger partial charge in [-0.05, 0) is 82.1 Å². The van der Waals surface area contributed by atoms with Crippen LogP contribution in [0.5, 0.6) is 0 Å². The van der Waals surface area contributed by atoms with Gasteiger partial charge in [0.25, 0.3) is 0 Å². The van der Waals surface area contributed by atoms with E-state index in [1.807, 2.05) is 21.1 Å². The lowest BCUT2D eigenvalue weighted by Gasteiger charge is -2.24. The third-order valence-corrected chi connectivity index (χ3v) is 13.5. The Bertz CT molecular complexity index is 1590. The first-order valence-electron chi connectivity index (χ1n) is 26.1. The SMILES string of the molecule is CCCCCc1cc(C)c(CCCCCCCCCCCCC(=O)OCC(COP(=O)(O)OCC[N+](C)(C)C)OC(=O)CCCCCCCCCCc2oc(CCCCC)c(C)c2C)o1. The number of phosphoric acid groups is 1. The van der Waals surface area contributed by atoms with Crippen LogP contribution >= 0.6 is 7.82 Å². The first-order chi connectivity index (χ1) is 31.1. The van der Waals surface area contributed by atoms with Gasteiger partial charge in [0.15, 0.2) is 6.10 Å². The van der Waals surface area contributed by atoms with E-state index in [2.05, 4.69) is 40.7 Å². The standard InChI is InChI=1S/C53H94NO10P/c1-9-11-27-33-47-41-44(3)49(62-47)34-29-23-19-15-13-14-16-21-25-31-37-52(55)59-42-48(43-61-65(57,58)60-40-39-54(6,7)8)63-53(56)38-32-26-22-18-17-20-24-30-36-51-46(5)45(4)50(64-51)35-28-12-10-2/h41,48H,9-40,42-43H2,1-8H3/p+1. The topological polar surface area (TPSA) is 135 Å². The Balaban J connectivity index is 1.60. The van der Waals surface area contributed by atoms with Crippen molar-refractivity contribution in [2.75, 3.05) is 47.5 Å². The molecule has 11 nitrogen and oxygen atoms in total. The number of likely N-dealkylation sites (N-methyl/N-ethyl adjacent to an activating group) is 1. The highest BCUT2D eigenvalue weighted by Gasteiger charge is 2.27. The van der Waals surface area contributed by atoms with Crippen molar-refractivity contribution < 1.29 is 50.9 Å². The van der Waals surface area contributed by atoms with Gasteiger partial charge in [-0.15, -0.1) is 0 Å². The number of furan rings is 2. The van der Waals surface area contributed by atoms with E-state index >= 15 is 0 Å². The number of carbonyl (C=O) groups excluding carboxylic acids is 2. The second-order valence-corrected chi connectivity index (χ2v) is 21.2. The smallest absolute Gasteiger partial charge is 0.466 e. The zero-order valence-electron chi connectivity index (χ0n) is 42.7. The van der Waals surface area contributed by atoms with Gasteiger partial charge in [-0.25, -0.2) is 4.57 Å². The quantitative estimate of drug-likeness (QED) is 0.0297. The average Bonchev–Trinajstić information content (AvgIpc) is 3.74. The number of nitrogens with zero attached hydrogens (tertiary/aromatic N) is 1. The van der Waals surface area contributed by atoms with Gasteiger partial charge in [0.1, 0.15) is 42.8 Å². The molecule has 2 unspecified atom stereocenters. The van der Waals surface area contributed by atoms with E-state index in [0.717, 1.165) is 88.6 Å². The van der Waals surface area contributed by atoms with Gasteiger partial charge in [-0.3, -0.25) is 18.6 Å². The number of rotatable bonds is 42. The molecule has 0 spiro atoms. The van der Waals surface area contributed by atoms with Gasteiger partial charge in [0.05, 0.1) is 27.7 Å². The van der Waals surface area contributed by atoms with Crippen molar-refractivity contribution in [3.8, 4) is 0 Å². The second kappa shape index (κ2) is 34.8. The summed E-state index contributed by atoms with van der Waals surface area (Å²) in [5.41, 5.74) is 3.96. The van der Waals surface area contributed by atoms with E-state index in [0.29, 0.717) is 17.4 Å². The van der Waals surface area contributed by atoms with Gasteiger partial charge in [-0.1, -0.05) is 129 Å². The summed E-state index contributed by atoms with van der Waals surface area (Å²) < 4.78 is 46.9. The van der Waals surface area contributed by atoms with Crippen LogP contribution < -0.4 is 0 Å². The van der Waals surface area contributed by atoms with Crippen molar-refractivity contribution in [2.24, 2.45) is 0 Å². The maximum atomic E-state index is 12.8. The summed E-state index contributed by atoms with van der Waals surface area (Å²) in [6.07, 6.45) is 30.7. The molecule has 2 aromatic heterocycles. The number of hydrogen-bond donors (Lipinski definition) is 1. The molecule has 0 fully saturated rings. The number of quaternary nitrogens is 1. The number of ether oxygens (including phenoxy) is 2. The Morgan fingerprint density at radius 3 is 1.54 bits per heavy atom. The molecule has 0 aliphatic heterocycles. The molecular formula is C53H95NO10P+. The van der Waals surface area contributed by atoms with Crippen molar-refractivity contribution >= 4 is 19.8 Å². The predicted octanol–water partition coefficient (Wildman–Crippen LogP) is 14.1. The summed E-state index contributed by atoms with van der Waals surface area (Å²) in [5, 5.41) is 0. The minimum absolute atomic E-state index is 0.0218. The first kappa shape index (κ1) is 58.7. The third-order valence-electron chi connectivity index (χ3n) is 12.5. The maximum Gasteiger partial charge on any atom is 0.472 e. The van der Waals surface area contributed by atoms with Crippen LogP contribution in [0.3, 0.4) is 0 Å². The van der Waals surface area contributed by atoms with Crippen molar-refractivity contribution in [1.29, 1.82) is 0 Å². The van der Waals surface area contributed by atoms with Gasteiger partial charge < -0.3 is 27.7 Å². The number of esters is 2. The molecule has 0 aliphatic carbocycles. The van der Waals surface area contributed by atoms with E-state index < -0.39 is 26.5 Å². The van der Waals surface area contributed by atoms with Crippen LogP contribution in [0.15, 0.2) is 14.9 Å². The minimum Gasteiger partial charge on any atom is -0.466 e. The summed E-state index contributed by atoms with van der Waals surface area (Å²) >= 11 is 0. The summed E-state index contributed by atoms with van der Waals surface area (Å²) in [6.45, 7) is 10.9. The summed E-state index contributed by atoms with van der Waals surface area (Å²) in [7, 11) is 1.45. The number of hydrogen-bond acceptors (Lipinski definition) is 9. The van der Waals surface area contributed by atoms with Crippen molar-refractivity contribution in [2.45, 2.75) is 233 Å². The van der Waals surface area contributed by atoms with Crippen molar-refractivity contribution in [1.82, 2.24) is 0 Å². The third kappa shape index (κ3) is 29.2. The molecule has 2 aromatic rings. The monoisotopic (exact) mass is 937 g/mol. The van der Waals surface area contributed by atoms with Crippen LogP contribution in [-0.2, 0) is 58.4 Å². The summed E-state index contributed by atoms with van der Waals surface area (Å²) in [4.78, 5) is 35.7. The van der Waals surface area contributed by atoms with Crippen LogP contribution in [0.4, 0.5) is 0 Å². The lowest BCUT2D eigenvalue weighted by Crippen LogP contribution is -2.37. The van der Waals surface area contributed by atoms with Gasteiger partial charge in [-0.2, -0.15) is 0 Å². The van der Waals surface area contributed by atoms with E-state index in [4.69, 9.17) is 27.4 Å². The minimum atomic E-state index is -4.40. The van der Waals surface area contributed by atoms with Crippen LogP contribution in [0.2, 0.25) is 0 Å². The Labute approximate surface area is 396 Å². The van der Waals surface area contributed by atoms with Crippen LogP contribution in [0.25, 0.3) is 0 Å². The number of carbonyl (C=O) groups is 2. The molecule has 2 rings (SSSR count). The summed E-state index contributed by atoms with van der Waals surface area (Å²) in [6, 6.07) is 2.23. The van der Waals surface area contributed by atoms with E-state index in [9.17, 15) is 19.0 Å². The molecule has 12 heteroatoms. The molecule has 0 saturated heterocycles. The number of unbranched alkanes of at least 4 members (excludes halogenated alkanes) is 20. The molecule has 0 bridgehead atoms. The van der Waals surface area contributed by atoms with Gasteiger partial charge in [0, 0.05) is 38.5 Å². The molecular weight excluding hydrogens is 842 g/mol. The van der Waals surface area contributed by atoms with Crippen LogP contribution in [0.1, 0.15) is 221 Å². The largest absolute Gasteiger partial charge is 0.472 e. The Morgan fingerprint density at radius 1 is 0.585 bits per heavy atom. The zero-order valence-corrected chi connectivity index (χ0v) is 43.6. The van der Waals surface area contributed by atoms with Crippen LogP contribution in [-0.4, -0.2) is 74.9 Å². The molecule has 0 aromatic carbocycles. The predicted molar refractivity (Wildman–Crippen MR) is 263 cm³/mol. The van der Waals surface area contributed by atoms with E-state index in [1.54, 1.807) is 0 Å². The molecule has 1 N–H and O–H groups in total. The van der Waals surface area contributed by atoms with Gasteiger partial charge >= 0.3 is 19.8 Å². The van der Waals surface area contributed by atoms with E-state index in [1.165, 1.54) is 125 Å². The second-order valence-electron chi connectivity index (χ2n) is 19.7. The molecule has 2 atom stereocenters. The highest BCUT2D eigenvalue weighted by molar-refractivity contribution is 7.47. The molecule has 0 amide bonds. The fourth-order valence-corrected chi connectivity index (χ4v) is 8.83. The average molecular weight is 937 g/mol. The molecule has 65 heavy (non-hydrogen) atoms. The maximum absolute atomic E-state index is 12.8. The lowest BCUT2D eigenvalue weighted by atomic mass is 10.0. The number of aryl methyl sites for hydroxylation is 5. The van der Waals surface area contributed by atoms with Crippen LogP contribution in [0, 0.1) is 20.8 Å². The Kier molecular flexibility index (Phi) is 31.4. The number of phosphoric ester groups is 1. The zero-order chi connectivity index (χ0) is 47.8. The van der Waals surface area contributed by atoms with Crippen molar-refractivity contribution in [3.63, 3.8) is 0 Å². The lowest BCUT2D eigenvalue weighted by molar-refractivity contribution is -0.870. The van der Waals surface area contributed by atoms with Gasteiger partial charge in [0.2, 0.25) is 0 Å². The molecule has 2 heterocycles.